The van der Waals surface area contributed by atoms with E-state index in [2.05, 4.69) is 10.1 Å². The van der Waals surface area contributed by atoms with Crippen molar-refractivity contribution in [1.29, 1.82) is 5.26 Å². The minimum Gasteiger partial charge on any atom is -0.293 e. The number of pyridine rings is 1. The van der Waals surface area contributed by atoms with Gasteiger partial charge in [-0.3, -0.25) is 9.89 Å². The number of nitrogens with one attached hydrogen (secondary N) is 1. The quantitative estimate of drug-likeness (QED) is 0.806. The number of halogens is 2. The summed E-state index contributed by atoms with van der Waals surface area (Å²) < 4.78 is 28.5. The van der Waals surface area contributed by atoms with Crippen molar-refractivity contribution in [2.45, 2.75) is 6.42 Å². The number of nitrogens with zero attached hydrogens (tertiary/aromatic N) is 3. The largest absolute Gasteiger partial charge is 0.293 e. The highest BCUT2D eigenvalue weighted by Crippen LogP contribution is 2.15. The van der Waals surface area contributed by atoms with Gasteiger partial charge in [-0.1, -0.05) is 6.07 Å². The van der Waals surface area contributed by atoms with E-state index in [4.69, 9.17) is 5.26 Å². The molecule has 0 aliphatic rings. The highest BCUT2D eigenvalue weighted by Gasteiger charge is 2.13. The minimum absolute atomic E-state index is 0.0985. The van der Waals surface area contributed by atoms with Crippen LogP contribution in [0.5, 0.6) is 0 Å². The average molecular weight is 312 g/mol. The van der Waals surface area contributed by atoms with Gasteiger partial charge in [0, 0.05) is 36.0 Å². The van der Waals surface area contributed by atoms with Gasteiger partial charge in [-0.15, -0.1) is 0 Å². The van der Waals surface area contributed by atoms with Crippen LogP contribution in [-0.4, -0.2) is 14.8 Å². The molecule has 0 unspecified atom stereocenters. The molecule has 114 valence electrons. The smallest absolute Gasteiger partial charge is 0.272 e. The normalized spacial score (nSPS) is 10.5. The van der Waals surface area contributed by atoms with Crippen LogP contribution in [0.3, 0.4) is 0 Å². The van der Waals surface area contributed by atoms with Gasteiger partial charge in [0.2, 0.25) is 0 Å². The zero-order chi connectivity index (χ0) is 16.4. The van der Waals surface area contributed by atoms with Crippen molar-refractivity contribution in [3.63, 3.8) is 0 Å². The van der Waals surface area contributed by atoms with Crippen molar-refractivity contribution in [1.82, 2.24) is 14.8 Å². The summed E-state index contributed by atoms with van der Waals surface area (Å²) in [5.74, 6) is -1.12. The van der Waals surface area contributed by atoms with E-state index in [1.165, 1.54) is 30.5 Å². The molecule has 2 heterocycles. The van der Waals surface area contributed by atoms with Crippen molar-refractivity contribution in [2.75, 3.05) is 0 Å². The van der Waals surface area contributed by atoms with E-state index in [1.807, 2.05) is 6.07 Å². The zero-order valence-electron chi connectivity index (χ0n) is 11.8. The van der Waals surface area contributed by atoms with Gasteiger partial charge in [-0.2, -0.15) is 5.26 Å². The van der Waals surface area contributed by atoms with Gasteiger partial charge in [0.25, 0.3) is 5.56 Å². The Balaban J connectivity index is 1.99. The van der Waals surface area contributed by atoms with E-state index in [9.17, 15) is 13.6 Å². The molecule has 3 rings (SSSR count). The second-order valence-electron chi connectivity index (χ2n) is 4.85. The molecule has 0 spiro atoms. The van der Waals surface area contributed by atoms with Gasteiger partial charge in [0.15, 0.2) is 5.82 Å². The van der Waals surface area contributed by atoms with Crippen molar-refractivity contribution < 1.29 is 8.78 Å². The molecule has 0 saturated carbocycles. The number of hydrogen-bond acceptors (Lipinski definition) is 3. The Morgan fingerprint density at radius 1 is 1.22 bits per heavy atom. The Bertz CT molecular complexity index is 948. The summed E-state index contributed by atoms with van der Waals surface area (Å²) in [4.78, 5) is 16.0. The highest BCUT2D eigenvalue weighted by atomic mass is 19.1. The first-order chi connectivity index (χ1) is 11.1. The van der Waals surface area contributed by atoms with Crippen LogP contribution in [-0.2, 0) is 6.42 Å². The Morgan fingerprint density at radius 2 is 1.96 bits per heavy atom. The molecule has 0 radical (unpaired) electrons. The lowest BCUT2D eigenvalue weighted by atomic mass is 10.1. The summed E-state index contributed by atoms with van der Waals surface area (Å²) >= 11 is 0. The third kappa shape index (κ3) is 2.87. The summed E-state index contributed by atoms with van der Waals surface area (Å²) in [6, 6.07) is 9.73. The number of benzene rings is 1. The van der Waals surface area contributed by atoms with E-state index in [1.54, 1.807) is 0 Å². The lowest BCUT2D eigenvalue weighted by Crippen LogP contribution is -2.14. The van der Waals surface area contributed by atoms with Crippen LogP contribution in [0.2, 0.25) is 0 Å². The topological polar surface area (TPSA) is 74.5 Å². The molecule has 1 N–H and O–H groups in total. The average Bonchev–Trinajstić information content (AvgIpc) is 2.92. The van der Waals surface area contributed by atoms with Crippen LogP contribution in [0.4, 0.5) is 8.78 Å². The Hall–Kier alpha value is -3.27. The fraction of sp³-hybridized carbons (Fsp3) is 0.0625. The Labute approximate surface area is 129 Å². The van der Waals surface area contributed by atoms with Crippen LogP contribution < -0.4 is 5.56 Å². The number of H-pyrrole nitrogens is 1. The van der Waals surface area contributed by atoms with Crippen LogP contribution in [0.15, 0.2) is 47.4 Å². The van der Waals surface area contributed by atoms with Crippen LogP contribution in [0.25, 0.3) is 5.82 Å². The molecule has 7 heteroatoms. The third-order valence-corrected chi connectivity index (χ3v) is 3.31. The molecule has 0 saturated heterocycles. The third-order valence-electron chi connectivity index (χ3n) is 3.31. The molecule has 1 aromatic carbocycles. The number of nitriles is 1. The van der Waals surface area contributed by atoms with Crippen molar-refractivity contribution in [3.05, 3.63) is 81.4 Å². The number of hydrogen-bond donors (Lipinski definition) is 1. The monoisotopic (exact) mass is 312 g/mol. The first-order valence-corrected chi connectivity index (χ1v) is 6.69. The Kier molecular flexibility index (Phi) is 3.73. The van der Waals surface area contributed by atoms with Gasteiger partial charge >= 0.3 is 0 Å². The van der Waals surface area contributed by atoms with Crippen molar-refractivity contribution in [2.24, 2.45) is 0 Å². The summed E-state index contributed by atoms with van der Waals surface area (Å²) in [5.41, 5.74) is 0.125. The number of aromatic nitrogens is 3. The maximum Gasteiger partial charge on any atom is 0.272 e. The maximum atomic E-state index is 13.7. The number of aromatic amines is 1. The minimum atomic E-state index is -0.678. The molecule has 2 aromatic heterocycles. The molecule has 5 nitrogen and oxygen atoms in total. The van der Waals surface area contributed by atoms with Crippen molar-refractivity contribution in [3.8, 4) is 11.9 Å². The molecule has 0 amide bonds. The summed E-state index contributed by atoms with van der Waals surface area (Å²) in [5, 5.41) is 11.6. The number of rotatable bonds is 3. The molecule has 3 aromatic rings. The second-order valence-corrected chi connectivity index (χ2v) is 4.85. The second kappa shape index (κ2) is 5.85. The van der Waals surface area contributed by atoms with E-state index < -0.39 is 17.2 Å². The summed E-state index contributed by atoms with van der Waals surface area (Å²) in [7, 11) is 0. The van der Waals surface area contributed by atoms with E-state index >= 15 is 0 Å². The van der Waals surface area contributed by atoms with Gasteiger partial charge in [0.1, 0.15) is 11.6 Å². The SMILES string of the molecule is N#Cc1ccnc(-n2[nH]c(Cc3c(F)cccc3F)cc2=O)c1. The standard InChI is InChI=1S/C16H10F2N4O/c17-13-2-1-3-14(18)12(13)7-11-8-16(23)22(21-11)15-6-10(9-19)4-5-20-15/h1-6,8,21H,7H2. The Morgan fingerprint density at radius 3 is 2.65 bits per heavy atom. The molecule has 0 atom stereocenters. The van der Waals surface area contributed by atoms with Crippen LogP contribution in [0.1, 0.15) is 16.8 Å². The lowest BCUT2D eigenvalue weighted by molar-refractivity contribution is 0.560. The molecule has 23 heavy (non-hydrogen) atoms. The van der Waals surface area contributed by atoms with Crippen LogP contribution in [0, 0.1) is 23.0 Å². The van der Waals surface area contributed by atoms with Gasteiger partial charge in [-0.05, 0) is 18.2 Å². The molecule has 0 aliphatic carbocycles. The summed E-state index contributed by atoms with van der Waals surface area (Å²) in [6.07, 6.45) is 1.30. The van der Waals surface area contributed by atoms with E-state index in [0.29, 0.717) is 11.3 Å². The van der Waals surface area contributed by atoms with Crippen molar-refractivity contribution >= 4 is 0 Å². The molecule has 0 aliphatic heterocycles. The predicted octanol–water partition coefficient (Wildman–Crippen LogP) is 2.30. The van der Waals surface area contributed by atoms with E-state index in [-0.39, 0.29) is 17.8 Å². The van der Waals surface area contributed by atoms with E-state index in [0.717, 1.165) is 16.8 Å². The lowest BCUT2D eigenvalue weighted by Gasteiger charge is -2.04. The van der Waals surface area contributed by atoms with Gasteiger partial charge in [-0.25, -0.2) is 18.4 Å². The first-order valence-electron chi connectivity index (χ1n) is 6.69. The van der Waals surface area contributed by atoms with Crippen LogP contribution >= 0.6 is 0 Å². The van der Waals surface area contributed by atoms with Gasteiger partial charge < -0.3 is 0 Å². The fourth-order valence-electron chi connectivity index (χ4n) is 2.21. The molecule has 0 fully saturated rings. The molecule has 0 bridgehead atoms. The maximum absolute atomic E-state index is 13.7. The highest BCUT2D eigenvalue weighted by molar-refractivity contribution is 5.35. The zero-order valence-corrected chi connectivity index (χ0v) is 11.8. The fourth-order valence-corrected chi connectivity index (χ4v) is 2.21. The predicted molar refractivity (Wildman–Crippen MR) is 78.1 cm³/mol. The first kappa shape index (κ1) is 14.7. The molecular formula is C16H10F2N4O. The summed E-state index contributed by atoms with van der Waals surface area (Å²) in [6.45, 7) is 0. The van der Waals surface area contributed by atoms with Gasteiger partial charge in [0.05, 0.1) is 11.6 Å². The molecular weight excluding hydrogens is 302 g/mol.